The Morgan fingerprint density at radius 2 is 1.85 bits per heavy atom. The van der Waals surface area contributed by atoms with E-state index in [1.165, 1.54) is 0 Å². The normalized spacial score (nSPS) is 44.1. The van der Waals surface area contributed by atoms with Gasteiger partial charge in [0.1, 0.15) is 6.23 Å². The lowest BCUT2D eigenvalue weighted by atomic mass is 9.70. The second kappa shape index (κ2) is 4.45. The van der Waals surface area contributed by atoms with E-state index in [1.807, 2.05) is 4.90 Å². The molecule has 1 N–H and O–H groups in total. The lowest BCUT2D eigenvalue weighted by Gasteiger charge is -2.57. The van der Waals surface area contributed by atoms with Crippen molar-refractivity contribution in [3.05, 3.63) is 0 Å². The molecule has 0 spiro atoms. The third kappa shape index (κ3) is 1.65. The average Bonchev–Trinajstić information content (AvgIpc) is 2.45. The van der Waals surface area contributed by atoms with E-state index in [2.05, 4.69) is 0 Å². The first kappa shape index (κ1) is 12.6. The fourth-order valence-corrected chi connectivity index (χ4v) is 4.93. The summed E-state index contributed by atoms with van der Waals surface area (Å²) in [7, 11) is 0. The average molecular weight is 278 g/mol. The van der Waals surface area contributed by atoms with Gasteiger partial charge in [-0.05, 0) is 44.4 Å². The van der Waals surface area contributed by atoms with Crippen molar-refractivity contribution in [2.75, 3.05) is 6.54 Å². The molecular formula is C15H22N2O3. The quantitative estimate of drug-likeness (QED) is 0.710. The molecule has 0 saturated carbocycles. The number of carbonyl (C=O) groups excluding carboxylic acids is 2. The van der Waals surface area contributed by atoms with E-state index in [1.54, 1.807) is 4.90 Å². The molecule has 5 nitrogen and oxygen atoms in total. The topological polar surface area (TPSA) is 60.9 Å². The first-order valence-electron chi connectivity index (χ1n) is 7.96. The number of amides is 2. The van der Waals surface area contributed by atoms with Crippen LogP contribution < -0.4 is 0 Å². The van der Waals surface area contributed by atoms with Gasteiger partial charge in [-0.1, -0.05) is 0 Å². The van der Waals surface area contributed by atoms with Crippen molar-refractivity contribution in [3.63, 3.8) is 0 Å². The SMILES string of the molecule is O=C1CCC[C@@H]2[C@H]3C[C@@H](CN12)[C@@H]1CCC[C@H](O)N1C3=O. The van der Waals surface area contributed by atoms with E-state index < -0.39 is 6.23 Å². The molecule has 4 fully saturated rings. The minimum absolute atomic E-state index is 0.0676. The molecular weight excluding hydrogens is 256 g/mol. The molecule has 4 aliphatic heterocycles. The zero-order valence-corrected chi connectivity index (χ0v) is 11.7. The molecule has 0 aromatic rings. The Balaban J connectivity index is 1.68. The number of piperidine rings is 4. The van der Waals surface area contributed by atoms with Crippen LogP contribution in [0.1, 0.15) is 44.9 Å². The third-order valence-electron chi connectivity index (χ3n) is 5.82. The first-order valence-corrected chi connectivity index (χ1v) is 7.96. The molecule has 4 rings (SSSR count). The van der Waals surface area contributed by atoms with Gasteiger partial charge >= 0.3 is 0 Å². The standard InChI is InChI=1S/C15H22N2O3/c18-13-5-2-4-12-10-7-9(8-16(12)13)11-3-1-6-14(19)17(11)15(10)20/h9-12,14,19H,1-8H2/t9-,10+,11-,12+,14-/m0/s1. The minimum atomic E-state index is -0.600. The van der Waals surface area contributed by atoms with Gasteiger partial charge in [-0.3, -0.25) is 9.59 Å². The summed E-state index contributed by atoms with van der Waals surface area (Å²) in [6, 6.07) is 0.244. The molecule has 20 heavy (non-hydrogen) atoms. The summed E-state index contributed by atoms with van der Waals surface area (Å²) in [6.07, 6.45) is 5.47. The van der Waals surface area contributed by atoms with E-state index in [0.29, 0.717) is 18.8 Å². The van der Waals surface area contributed by atoms with Crippen molar-refractivity contribution in [1.82, 2.24) is 9.80 Å². The van der Waals surface area contributed by atoms with Gasteiger partial charge in [-0.15, -0.1) is 0 Å². The molecule has 2 amide bonds. The largest absolute Gasteiger partial charge is 0.374 e. The number of hydrogen-bond donors (Lipinski definition) is 1. The van der Waals surface area contributed by atoms with Gasteiger partial charge in [0.25, 0.3) is 0 Å². The van der Waals surface area contributed by atoms with Gasteiger partial charge < -0.3 is 14.9 Å². The molecule has 0 aromatic carbocycles. The summed E-state index contributed by atoms with van der Waals surface area (Å²) < 4.78 is 0. The molecule has 0 radical (unpaired) electrons. The fourth-order valence-electron chi connectivity index (χ4n) is 4.93. The van der Waals surface area contributed by atoms with Gasteiger partial charge in [0.15, 0.2) is 0 Å². The Morgan fingerprint density at radius 1 is 1.05 bits per heavy atom. The van der Waals surface area contributed by atoms with Crippen LogP contribution in [0.15, 0.2) is 0 Å². The van der Waals surface area contributed by atoms with Crippen molar-refractivity contribution >= 4 is 11.8 Å². The summed E-state index contributed by atoms with van der Waals surface area (Å²) in [6.45, 7) is 0.793. The van der Waals surface area contributed by atoms with Gasteiger partial charge in [-0.25, -0.2) is 0 Å². The van der Waals surface area contributed by atoms with E-state index >= 15 is 0 Å². The zero-order valence-electron chi connectivity index (χ0n) is 11.7. The number of carbonyl (C=O) groups is 2. The van der Waals surface area contributed by atoms with Crippen LogP contribution in [0, 0.1) is 11.8 Å². The number of rotatable bonds is 0. The summed E-state index contributed by atoms with van der Waals surface area (Å²) in [5, 5.41) is 10.2. The molecule has 0 unspecified atom stereocenters. The lowest BCUT2D eigenvalue weighted by molar-refractivity contribution is -0.181. The highest BCUT2D eigenvalue weighted by atomic mass is 16.3. The van der Waals surface area contributed by atoms with Crippen molar-refractivity contribution in [1.29, 1.82) is 0 Å². The molecule has 0 aromatic heterocycles. The van der Waals surface area contributed by atoms with E-state index in [9.17, 15) is 14.7 Å². The van der Waals surface area contributed by atoms with Crippen molar-refractivity contribution in [2.24, 2.45) is 11.8 Å². The minimum Gasteiger partial charge on any atom is -0.374 e. The second-order valence-corrected chi connectivity index (χ2v) is 6.83. The number of hydrogen-bond acceptors (Lipinski definition) is 3. The van der Waals surface area contributed by atoms with Crippen molar-refractivity contribution in [2.45, 2.75) is 63.3 Å². The predicted molar refractivity (Wildman–Crippen MR) is 71.4 cm³/mol. The summed E-state index contributed by atoms with van der Waals surface area (Å²) in [5.41, 5.74) is 0. The highest BCUT2D eigenvalue weighted by molar-refractivity contribution is 5.84. The van der Waals surface area contributed by atoms with Gasteiger partial charge in [0, 0.05) is 25.0 Å². The van der Waals surface area contributed by atoms with Crippen LogP contribution in [-0.2, 0) is 9.59 Å². The van der Waals surface area contributed by atoms with Crippen molar-refractivity contribution in [3.8, 4) is 0 Å². The smallest absolute Gasteiger partial charge is 0.230 e. The molecule has 4 heterocycles. The Labute approximate surface area is 118 Å². The van der Waals surface area contributed by atoms with Crippen LogP contribution in [0.5, 0.6) is 0 Å². The van der Waals surface area contributed by atoms with Gasteiger partial charge in [0.05, 0.1) is 5.92 Å². The molecule has 4 saturated heterocycles. The molecule has 5 atom stereocenters. The molecule has 0 aliphatic carbocycles. The maximum absolute atomic E-state index is 12.8. The number of nitrogens with zero attached hydrogens (tertiary/aromatic N) is 2. The number of fused-ring (bicyclic) bond motifs is 6. The molecule has 5 heteroatoms. The van der Waals surface area contributed by atoms with Crippen molar-refractivity contribution < 1.29 is 14.7 Å². The molecule has 110 valence electrons. The van der Waals surface area contributed by atoms with Gasteiger partial charge in [-0.2, -0.15) is 0 Å². The Morgan fingerprint density at radius 3 is 2.70 bits per heavy atom. The number of aliphatic hydroxyl groups excluding tert-OH is 1. The van der Waals surface area contributed by atoms with Gasteiger partial charge in [0.2, 0.25) is 11.8 Å². The van der Waals surface area contributed by atoms with Crippen LogP contribution >= 0.6 is 0 Å². The highest BCUT2D eigenvalue weighted by Gasteiger charge is 2.53. The first-order chi connectivity index (χ1) is 9.66. The van der Waals surface area contributed by atoms with Crippen LogP contribution in [0.25, 0.3) is 0 Å². The Hall–Kier alpha value is -1.10. The molecule has 2 bridgehead atoms. The zero-order chi connectivity index (χ0) is 13.9. The van der Waals surface area contributed by atoms with E-state index in [0.717, 1.165) is 38.6 Å². The second-order valence-electron chi connectivity index (χ2n) is 6.83. The van der Waals surface area contributed by atoms with E-state index in [4.69, 9.17) is 0 Å². The maximum atomic E-state index is 12.8. The summed E-state index contributed by atoms with van der Waals surface area (Å²) >= 11 is 0. The lowest BCUT2D eigenvalue weighted by Crippen LogP contribution is -2.68. The van der Waals surface area contributed by atoms with Crippen LogP contribution in [-0.4, -0.2) is 51.6 Å². The highest BCUT2D eigenvalue weighted by Crippen LogP contribution is 2.44. The summed E-state index contributed by atoms with van der Waals surface area (Å²) in [4.78, 5) is 28.7. The van der Waals surface area contributed by atoms with Crippen LogP contribution in [0.3, 0.4) is 0 Å². The predicted octanol–water partition coefficient (Wildman–Crippen LogP) is 0.717. The van der Waals surface area contributed by atoms with Crippen LogP contribution in [0.2, 0.25) is 0 Å². The number of aliphatic hydroxyl groups is 1. The Bertz CT molecular complexity index is 452. The van der Waals surface area contributed by atoms with E-state index in [-0.39, 0.29) is 29.8 Å². The Kier molecular flexibility index (Phi) is 2.81. The molecule has 4 aliphatic rings. The summed E-state index contributed by atoms with van der Waals surface area (Å²) in [5.74, 6) is 0.629. The fraction of sp³-hybridized carbons (Fsp3) is 0.867. The third-order valence-corrected chi connectivity index (χ3v) is 5.82. The van der Waals surface area contributed by atoms with Crippen LogP contribution in [0.4, 0.5) is 0 Å². The maximum Gasteiger partial charge on any atom is 0.230 e. The monoisotopic (exact) mass is 278 g/mol.